The van der Waals surface area contributed by atoms with Crippen molar-refractivity contribution in [3.8, 4) is 0 Å². The Bertz CT molecular complexity index is 862. The van der Waals surface area contributed by atoms with Crippen LogP contribution in [0.15, 0.2) is 54.6 Å². The van der Waals surface area contributed by atoms with Gasteiger partial charge in [-0.2, -0.15) is 0 Å². The molecular formula is C23H27F2N3. The number of nitrogens with zero attached hydrogens (tertiary/aromatic N) is 2. The van der Waals surface area contributed by atoms with Gasteiger partial charge in [0.05, 0.1) is 5.69 Å². The largest absolute Gasteiger partial charge is 0.324 e. The van der Waals surface area contributed by atoms with Crippen molar-refractivity contribution in [3.63, 3.8) is 0 Å². The first-order chi connectivity index (χ1) is 13.4. The average molecular weight is 383 g/mol. The first-order valence-electron chi connectivity index (χ1n) is 9.98. The van der Waals surface area contributed by atoms with E-state index < -0.39 is 5.92 Å². The maximum atomic E-state index is 13.9. The van der Waals surface area contributed by atoms with E-state index in [1.807, 2.05) is 31.2 Å². The smallest absolute Gasteiger partial charge is 0.249 e. The Morgan fingerprint density at radius 1 is 1.07 bits per heavy atom. The van der Waals surface area contributed by atoms with E-state index in [0.29, 0.717) is 19.5 Å². The van der Waals surface area contributed by atoms with Gasteiger partial charge in [0, 0.05) is 37.7 Å². The summed E-state index contributed by atoms with van der Waals surface area (Å²) < 4.78 is 27.9. The molecule has 2 N–H and O–H groups in total. The van der Waals surface area contributed by atoms with E-state index in [0.717, 1.165) is 22.5 Å². The molecule has 0 radical (unpaired) electrons. The molecule has 2 aromatic carbocycles. The molecule has 148 valence electrons. The van der Waals surface area contributed by atoms with Crippen molar-refractivity contribution in [1.82, 2.24) is 4.90 Å². The molecule has 2 heterocycles. The van der Waals surface area contributed by atoms with Crippen molar-refractivity contribution in [2.24, 2.45) is 5.73 Å². The van der Waals surface area contributed by atoms with Gasteiger partial charge >= 0.3 is 0 Å². The molecule has 1 saturated heterocycles. The van der Waals surface area contributed by atoms with Crippen molar-refractivity contribution < 1.29 is 8.78 Å². The van der Waals surface area contributed by atoms with Gasteiger partial charge in [-0.3, -0.25) is 4.90 Å². The zero-order valence-electron chi connectivity index (χ0n) is 16.2. The summed E-state index contributed by atoms with van der Waals surface area (Å²) in [5.41, 5.74) is 10.4. The summed E-state index contributed by atoms with van der Waals surface area (Å²) in [7, 11) is 0. The van der Waals surface area contributed by atoms with Crippen LogP contribution in [0.25, 0.3) is 6.08 Å². The monoisotopic (exact) mass is 383 g/mol. The number of likely N-dealkylation sites (tertiary alicyclic amines) is 1. The van der Waals surface area contributed by atoms with Crippen molar-refractivity contribution in [3.05, 3.63) is 65.7 Å². The molecule has 0 amide bonds. The summed E-state index contributed by atoms with van der Waals surface area (Å²) in [6, 6.07) is 16.4. The fourth-order valence-corrected chi connectivity index (χ4v) is 4.15. The molecule has 0 bridgehead atoms. The normalized spacial score (nSPS) is 23.1. The van der Waals surface area contributed by atoms with Crippen molar-refractivity contribution in [1.29, 1.82) is 0 Å². The van der Waals surface area contributed by atoms with E-state index in [-0.39, 0.29) is 25.0 Å². The minimum Gasteiger partial charge on any atom is -0.324 e. The van der Waals surface area contributed by atoms with Crippen LogP contribution in [0.4, 0.5) is 20.2 Å². The number of hydrogen-bond donors (Lipinski definition) is 1. The Kier molecular flexibility index (Phi) is 5.21. The lowest BCUT2D eigenvalue weighted by Crippen LogP contribution is -2.47. The van der Waals surface area contributed by atoms with Crippen molar-refractivity contribution in [2.75, 3.05) is 18.0 Å². The van der Waals surface area contributed by atoms with Crippen LogP contribution in [-0.4, -0.2) is 30.1 Å². The van der Waals surface area contributed by atoms with Gasteiger partial charge in [-0.25, -0.2) is 8.78 Å². The Hall–Kier alpha value is -2.24. The van der Waals surface area contributed by atoms with E-state index in [1.165, 1.54) is 0 Å². The molecule has 1 fully saturated rings. The molecule has 0 aromatic heterocycles. The van der Waals surface area contributed by atoms with Crippen molar-refractivity contribution in [2.45, 2.75) is 44.3 Å². The number of para-hydroxylation sites is 1. The second-order valence-corrected chi connectivity index (χ2v) is 7.83. The standard InChI is InChI=1S/C23H27F2N3/c1-17(26)19-7-4-8-20(16-19)28-21-9-3-2-6-18(21)10-11-22(28)27-14-5-12-23(24,25)13-15-27/h2-4,6-11,16-17,22H,5,12-15,26H2,1H3. The minimum atomic E-state index is -2.56. The summed E-state index contributed by atoms with van der Waals surface area (Å²) in [5.74, 6) is -2.56. The van der Waals surface area contributed by atoms with Gasteiger partial charge in [0.25, 0.3) is 0 Å². The molecule has 28 heavy (non-hydrogen) atoms. The maximum Gasteiger partial charge on any atom is 0.249 e. The molecule has 3 nitrogen and oxygen atoms in total. The molecule has 2 aliphatic rings. The molecule has 2 aromatic rings. The lowest BCUT2D eigenvalue weighted by molar-refractivity contribution is -0.0135. The van der Waals surface area contributed by atoms with E-state index >= 15 is 0 Å². The average Bonchev–Trinajstić information content (AvgIpc) is 2.87. The zero-order valence-corrected chi connectivity index (χ0v) is 16.2. The Labute approximate surface area is 165 Å². The predicted octanol–water partition coefficient (Wildman–Crippen LogP) is 5.32. The van der Waals surface area contributed by atoms with E-state index in [9.17, 15) is 8.78 Å². The SMILES string of the molecule is CC(N)c1cccc(N2c3ccccc3C=CC2N2CCCC(F)(F)CC2)c1. The van der Waals surface area contributed by atoms with Gasteiger partial charge in [-0.1, -0.05) is 36.4 Å². The molecule has 0 aliphatic carbocycles. The van der Waals surface area contributed by atoms with Crippen LogP contribution >= 0.6 is 0 Å². The molecule has 4 rings (SSSR count). The van der Waals surface area contributed by atoms with Crippen molar-refractivity contribution >= 4 is 17.5 Å². The van der Waals surface area contributed by atoms with Gasteiger partial charge in [0.15, 0.2) is 0 Å². The van der Waals surface area contributed by atoms with Gasteiger partial charge in [0.2, 0.25) is 5.92 Å². The second-order valence-electron chi connectivity index (χ2n) is 7.83. The molecule has 2 aliphatic heterocycles. The number of benzene rings is 2. The van der Waals surface area contributed by atoms with Crippen LogP contribution in [-0.2, 0) is 0 Å². The van der Waals surface area contributed by atoms with E-state index in [4.69, 9.17) is 5.73 Å². The summed E-state index contributed by atoms with van der Waals surface area (Å²) in [6.07, 6.45) is 4.53. The third kappa shape index (κ3) is 3.82. The van der Waals surface area contributed by atoms with Crippen LogP contribution in [0.5, 0.6) is 0 Å². The lowest BCUT2D eigenvalue weighted by atomic mass is 10.0. The molecule has 2 unspecified atom stereocenters. The quantitative estimate of drug-likeness (QED) is 0.779. The number of alkyl halides is 2. The number of anilines is 2. The summed E-state index contributed by atoms with van der Waals surface area (Å²) in [5, 5.41) is 0. The summed E-state index contributed by atoms with van der Waals surface area (Å²) in [4.78, 5) is 4.43. The maximum absolute atomic E-state index is 13.9. The van der Waals surface area contributed by atoms with Gasteiger partial charge in [-0.15, -0.1) is 0 Å². The topological polar surface area (TPSA) is 32.5 Å². The second kappa shape index (κ2) is 7.64. The molecule has 5 heteroatoms. The highest BCUT2D eigenvalue weighted by Crippen LogP contribution is 2.38. The Balaban J connectivity index is 1.74. The van der Waals surface area contributed by atoms with Crippen LogP contribution in [0.1, 0.15) is 43.4 Å². The van der Waals surface area contributed by atoms with E-state index in [2.05, 4.69) is 46.2 Å². The fraction of sp³-hybridized carbons (Fsp3) is 0.391. The Morgan fingerprint density at radius 2 is 1.89 bits per heavy atom. The molecule has 2 atom stereocenters. The number of rotatable bonds is 3. The van der Waals surface area contributed by atoms with E-state index in [1.54, 1.807) is 0 Å². The first-order valence-corrected chi connectivity index (χ1v) is 9.98. The van der Waals surface area contributed by atoms with Crippen LogP contribution in [0.3, 0.4) is 0 Å². The predicted molar refractivity (Wildman–Crippen MR) is 111 cm³/mol. The van der Waals surface area contributed by atoms with Crippen LogP contribution in [0.2, 0.25) is 0 Å². The third-order valence-corrected chi connectivity index (χ3v) is 5.71. The summed E-state index contributed by atoms with van der Waals surface area (Å²) in [6.45, 7) is 3.02. The number of halogens is 2. The summed E-state index contributed by atoms with van der Waals surface area (Å²) >= 11 is 0. The zero-order chi connectivity index (χ0) is 19.7. The minimum absolute atomic E-state index is 0.0311. The van der Waals surface area contributed by atoms with Gasteiger partial charge in [-0.05, 0) is 48.7 Å². The molecule has 0 spiro atoms. The number of hydrogen-bond acceptors (Lipinski definition) is 3. The van der Waals surface area contributed by atoms with Crippen LogP contribution in [0, 0.1) is 0 Å². The highest BCUT2D eigenvalue weighted by Gasteiger charge is 2.36. The highest BCUT2D eigenvalue weighted by molar-refractivity contribution is 5.78. The Morgan fingerprint density at radius 3 is 2.71 bits per heavy atom. The molecule has 0 saturated carbocycles. The van der Waals surface area contributed by atoms with Crippen LogP contribution < -0.4 is 10.6 Å². The number of fused-ring (bicyclic) bond motifs is 1. The molecular weight excluding hydrogens is 356 g/mol. The lowest BCUT2D eigenvalue weighted by Gasteiger charge is -2.42. The first kappa shape index (κ1) is 19.1. The van der Waals surface area contributed by atoms with Gasteiger partial charge < -0.3 is 10.6 Å². The fourth-order valence-electron chi connectivity index (χ4n) is 4.15. The third-order valence-electron chi connectivity index (χ3n) is 5.71. The van der Waals surface area contributed by atoms with Gasteiger partial charge in [0.1, 0.15) is 6.17 Å². The number of nitrogens with two attached hydrogens (primary N) is 1. The highest BCUT2D eigenvalue weighted by atomic mass is 19.3.